The Bertz CT molecular complexity index is 771. The molecule has 6 nitrogen and oxygen atoms in total. The highest BCUT2D eigenvalue weighted by atomic mass is 16.7. The van der Waals surface area contributed by atoms with Crippen molar-refractivity contribution in [1.82, 2.24) is 14.8 Å². The van der Waals surface area contributed by atoms with Crippen LogP contribution in [0.25, 0.3) is 0 Å². The third-order valence-electron chi connectivity index (χ3n) is 4.96. The lowest BCUT2D eigenvalue weighted by atomic mass is 10.1. The van der Waals surface area contributed by atoms with Gasteiger partial charge in [0.2, 0.25) is 12.7 Å². The number of hydrogen-bond donors (Lipinski definition) is 1. The van der Waals surface area contributed by atoms with Gasteiger partial charge < -0.3 is 19.4 Å². The van der Waals surface area contributed by atoms with E-state index in [1.165, 1.54) is 5.69 Å². The molecule has 25 heavy (non-hydrogen) atoms. The summed E-state index contributed by atoms with van der Waals surface area (Å²) < 4.78 is 12.8. The fourth-order valence-corrected chi connectivity index (χ4v) is 3.66. The Balaban J connectivity index is 1.33. The standard InChI is InChI=1S/C19H23N3O3/c1-21-8-2-4-15(21)16-5-3-9-22(16)12-19(23)20-11-14-6-7-17-18(10-14)25-13-24-17/h2,4,6-8,10,16H,3,5,9,11-13H2,1H3,(H,20,23). The summed E-state index contributed by atoms with van der Waals surface area (Å²) in [5, 5.41) is 3.01. The third kappa shape index (κ3) is 3.35. The fourth-order valence-electron chi connectivity index (χ4n) is 3.66. The number of aromatic nitrogens is 1. The maximum Gasteiger partial charge on any atom is 0.234 e. The summed E-state index contributed by atoms with van der Waals surface area (Å²) in [4.78, 5) is 14.7. The molecule has 1 unspecified atom stereocenters. The second kappa shape index (κ2) is 6.80. The molecule has 0 aliphatic carbocycles. The van der Waals surface area contributed by atoms with Crippen LogP contribution < -0.4 is 14.8 Å². The van der Waals surface area contributed by atoms with E-state index in [1.54, 1.807) is 0 Å². The van der Waals surface area contributed by atoms with Crippen LogP contribution in [0.1, 0.15) is 30.1 Å². The van der Waals surface area contributed by atoms with Gasteiger partial charge in [-0.15, -0.1) is 0 Å². The molecule has 0 spiro atoms. The van der Waals surface area contributed by atoms with Gasteiger partial charge in [0, 0.05) is 25.5 Å². The topological polar surface area (TPSA) is 55.7 Å². The molecule has 2 aromatic rings. The normalized spacial score (nSPS) is 19.3. The number of rotatable bonds is 5. The van der Waals surface area contributed by atoms with E-state index in [0.717, 1.165) is 36.4 Å². The van der Waals surface area contributed by atoms with Crippen molar-refractivity contribution in [1.29, 1.82) is 0 Å². The molecule has 1 saturated heterocycles. The number of fused-ring (bicyclic) bond motifs is 1. The van der Waals surface area contributed by atoms with Gasteiger partial charge in [-0.1, -0.05) is 6.07 Å². The molecular weight excluding hydrogens is 318 g/mol. The van der Waals surface area contributed by atoms with Crippen LogP contribution in [0.4, 0.5) is 0 Å². The summed E-state index contributed by atoms with van der Waals surface area (Å²) in [5.74, 6) is 1.56. The zero-order chi connectivity index (χ0) is 17.2. The summed E-state index contributed by atoms with van der Waals surface area (Å²) in [6.45, 7) is 2.16. The van der Waals surface area contributed by atoms with Crippen molar-refractivity contribution in [3.05, 3.63) is 47.8 Å². The zero-order valence-electron chi connectivity index (χ0n) is 14.4. The van der Waals surface area contributed by atoms with Crippen LogP contribution in [0.5, 0.6) is 11.5 Å². The van der Waals surface area contributed by atoms with Gasteiger partial charge in [-0.3, -0.25) is 9.69 Å². The summed E-state index contributed by atoms with van der Waals surface area (Å²) in [5.41, 5.74) is 2.29. The Morgan fingerprint density at radius 2 is 2.16 bits per heavy atom. The highest BCUT2D eigenvalue weighted by molar-refractivity contribution is 5.78. The first kappa shape index (κ1) is 16.0. The van der Waals surface area contributed by atoms with Gasteiger partial charge in [-0.2, -0.15) is 0 Å². The Hall–Kier alpha value is -2.47. The van der Waals surface area contributed by atoms with Crippen molar-refractivity contribution in [3.63, 3.8) is 0 Å². The fraction of sp³-hybridized carbons (Fsp3) is 0.421. The van der Waals surface area contributed by atoms with Crippen LogP contribution in [0.3, 0.4) is 0 Å². The molecule has 1 aromatic heterocycles. The number of carbonyl (C=O) groups is 1. The predicted octanol–water partition coefficient (Wildman–Crippen LogP) is 2.21. The molecular formula is C19H23N3O3. The van der Waals surface area contributed by atoms with E-state index in [9.17, 15) is 4.79 Å². The number of likely N-dealkylation sites (tertiary alicyclic amines) is 1. The number of aryl methyl sites for hydroxylation is 1. The van der Waals surface area contributed by atoms with E-state index in [2.05, 4.69) is 40.2 Å². The summed E-state index contributed by atoms with van der Waals surface area (Å²) in [7, 11) is 2.06. The number of ether oxygens (including phenoxy) is 2. The van der Waals surface area contributed by atoms with Gasteiger partial charge in [-0.05, 0) is 49.2 Å². The minimum Gasteiger partial charge on any atom is -0.454 e. The average molecular weight is 341 g/mol. The first-order chi connectivity index (χ1) is 12.2. The third-order valence-corrected chi connectivity index (χ3v) is 4.96. The number of amides is 1. The minimum atomic E-state index is 0.0544. The summed E-state index contributed by atoms with van der Waals surface area (Å²) in [6, 6.07) is 10.3. The molecule has 4 rings (SSSR count). The Morgan fingerprint density at radius 3 is 3.00 bits per heavy atom. The molecule has 1 amide bonds. The monoisotopic (exact) mass is 341 g/mol. The van der Waals surface area contributed by atoms with Gasteiger partial charge in [-0.25, -0.2) is 0 Å². The largest absolute Gasteiger partial charge is 0.454 e. The van der Waals surface area contributed by atoms with E-state index in [4.69, 9.17) is 9.47 Å². The molecule has 2 aliphatic heterocycles. The molecule has 3 heterocycles. The van der Waals surface area contributed by atoms with Crippen LogP contribution in [0.15, 0.2) is 36.5 Å². The number of nitrogens with zero attached hydrogens (tertiary/aromatic N) is 2. The lowest BCUT2D eigenvalue weighted by Crippen LogP contribution is -2.37. The lowest BCUT2D eigenvalue weighted by Gasteiger charge is -2.24. The average Bonchev–Trinajstić information content (AvgIpc) is 3.33. The maximum absolute atomic E-state index is 12.4. The first-order valence-corrected chi connectivity index (χ1v) is 8.71. The zero-order valence-corrected chi connectivity index (χ0v) is 14.4. The van der Waals surface area contributed by atoms with E-state index in [1.807, 2.05) is 18.2 Å². The van der Waals surface area contributed by atoms with Crippen LogP contribution in [0, 0.1) is 0 Å². The number of hydrogen-bond acceptors (Lipinski definition) is 4. The smallest absolute Gasteiger partial charge is 0.234 e. The Kier molecular flexibility index (Phi) is 4.36. The minimum absolute atomic E-state index is 0.0544. The highest BCUT2D eigenvalue weighted by Crippen LogP contribution is 2.33. The van der Waals surface area contributed by atoms with Crippen LogP contribution >= 0.6 is 0 Å². The van der Waals surface area contributed by atoms with Crippen molar-refractivity contribution in [3.8, 4) is 11.5 Å². The second-order valence-electron chi connectivity index (χ2n) is 6.64. The Morgan fingerprint density at radius 1 is 1.28 bits per heavy atom. The molecule has 1 N–H and O–H groups in total. The predicted molar refractivity (Wildman–Crippen MR) is 93.4 cm³/mol. The van der Waals surface area contributed by atoms with Gasteiger partial charge in [0.1, 0.15) is 0 Å². The van der Waals surface area contributed by atoms with Crippen LogP contribution in [0.2, 0.25) is 0 Å². The van der Waals surface area contributed by atoms with Gasteiger partial charge >= 0.3 is 0 Å². The van der Waals surface area contributed by atoms with Crippen LogP contribution in [-0.2, 0) is 18.4 Å². The van der Waals surface area contributed by atoms with Crippen molar-refractivity contribution in [2.45, 2.75) is 25.4 Å². The molecule has 1 atom stereocenters. The lowest BCUT2D eigenvalue weighted by molar-refractivity contribution is -0.122. The van der Waals surface area contributed by atoms with Crippen molar-refractivity contribution < 1.29 is 14.3 Å². The SMILES string of the molecule is Cn1cccc1C1CCCN1CC(=O)NCc1ccc2c(c1)OCO2. The summed E-state index contributed by atoms with van der Waals surface area (Å²) in [6.07, 6.45) is 4.30. The molecule has 1 aromatic carbocycles. The molecule has 0 saturated carbocycles. The van der Waals surface area contributed by atoms with Gasteiger partial charge in [0.25, 0.3) is 0 Å². The first-order valence-electron chi connectivity index (χ1n) is 8.71. The van der Waals surface area contributed by atoms with Crippen LogP contribution in [-0.4, -0.2) is 35.3 Å². The van der Waals surface area contributed by atoms with E-state index >= 15 is 0 Å². The molecule has 0 bridgehead atoms. The van der Waals surface area contributed by atoms with Gasteiger partial charge in [0.15, 0.2) is 11.5 Å². The van der Waals surface area contributed by atoms with E-state index in [0.29, 0.717) is 19.1 Å². The van der Waals surface area contributed by atoms with Gasteiger partial charge in [0.05, 0.1) is 12.6 Å². The van der Waals surface area contributed by atoms with E-state index in [-0.39, 0.29) is 12.7 Å². The molecule has 6 heteroatoms. The second-order valence-corrected chi connectivity index (χ2v) is 6.64. The molecule has 0 radical (unpaired) electrons. The number of carbonyl (C=O) groups excluding carboxylic acids is 1. The van der Waals surface area contributed by atoms with Crippen molar-refractivity contribution >= 4 is 5.91 Å². The van der Waals surface area contributed by atoms with Crippen molar-refractivity contribution in [2.75, 3.05) is 19.9 Å². The summed E-state index contributed by atoms with van der Waals surface area (Å²) >= 11 is 0. The van der Waals surface area contributed by atoms with E-state index < -0.39 is 0 Å². The molecule has 2 aliphatic rings. The maximum atomic E-state index is 12.4. The number of benzene rings is 1. The quantitative estimate of drug-likeness (QED) is 0.906. The highest BCUT2D eigenvalue weighted by Gasteiger charge is 2.28. The Labute approximate surface area is 147 Å². The molecule has 132 valence electrons. The van der Waals surface area contributed by atoms with Crippen molar-refractivity contribution in [2.24, 2.45) is 7.05 Å². The number of nitrogens with one attached hydrogen (secondary N) is 1. The molecule has 1 fully saturated rings.